The van der Waals surface area contributed by atoms with E-state index in [1.54, 1.807) is 18.2 Å². The van der Waals surface area contributed by atoms with E-state index in [4.69, 9.17) is 27.9 Å². The van der Waals surface area contributed by atoms with Crippen molar-refractivity contribution >= 4 is 45.6 Å². The number of benzene rings is 2. The topological polar surface area (TPSA) is 64.1 Å². The second-order valence-electron chi connectivity index (χ2n) is 5.75. The quantitative estimate of drug-likeness (QED) is 0.553. The summed E-state index contributed by atoms with van der Waals surface area (Å²) in [5.74, 6) is 0.0723. The number of nitrogens with zero attached hydrogens (tertiary/aromatic N) is 2. The second-order valence-corrected chi connectivity index (χ2v) is 7.66. The lowest BCUT2D eigenvalue weighted by Gasteiger charge is -2.07. The van der Waals surface area contributed by atoms with E-state index in [-0.39, 0.29) is 12.5 Å². The van der Waals surface area contributed by atoms with Crippen LogP contribution in [0.5, 0.6) is 5.75 Å². The van der Waals surface area contributed by atoms with Gasteiger partial charge in [-0.05, 0) is 36.6 Å². The Balaban J connectivity index is 1.43. The Hall–Kier alpha value is -2.15. The van der Waals surface area contributed by atoms with Crippen LogP contribution in [-0.2, 0) is 17.6 Å². The smallest absolute Gasteiger partial charge is 0.264 e. The van der Waals surface area contributed by atoms with Gasteiger partial charge in [0.05, 0.1) is 5.02 Å². The molecule has 0 unspecified atom stereocenters. The number of aryl methyl sites for hydroxylation is 2. The largest absolute Gasteiger partial charge is 0.482 e. The Morgan fingerprint density at radius 1 is 1.07 bits per heavy atom. The lowest BCUT2D eigenvalue weighted by atomic mass is 10.1. The maximum atomic E-state index is 12.0. The molecule has 5 nitrogen and oxygen atoms in total. The van der Waals surface area contributed by atoms with E-state index < -0.39 is 0 Å². The zero-order valence-electron chi connectivity index (χ0n) is 14.3. The third-order valence-electron chi connectivity index (χ3n) is 3.66. The predicted octanol–water partition coefficient (Wildman–Crippen LogP) is 5.04. The van der Waals surface area contributed by atoms with Gasteiger partial charge in [-0.25, -0.2) is 0 Å². The Bertz CT molecular complexity index is 903. The molecule has 3 aromatic rings. The Kier molecular flexibility index (Phi) is 7.04. The van der Waals surface area contributed by atoms with E-state index in [1.807, 2.05) is 18.2 Å². The maximum absolute atomic E-state index is 12.0. The van der Waals surface area contributed by atoms with Crippen LogP contribution in [-0.4, -0.2) is 22.7 Å². The number of carbonyl (C=O) groups is 1. The Morgan fingerprint density at radius 3 is 2.67 bits per heavy atom. The van der Waals surface area contributed by atoms with E-state index in [2.05, 4.69) is 27.6 Å². The molecule has 8 heteroatoms. The molecular formula is C19H17Cl2N3O2S. The van der Waals surface area contributed by atoms with Gasteiger partial charge in [-0.1, -0.05) is 64.9 Å². The zero-order valence-corrected chi connectivity index (χ0v) is 16.7. The van der Waals surface area contributed by atoms with E-state index in [0.717, 1.165) is 24.3 Å². The van der Waals surface area contributed by atoms with E-state index in [1.165, 1.54) is 16.9 Å². The minimum Gasteiger partial charge on any atom is -0.482 e. The molecular weight excluding hydrogens is 405 g/mol. The number of anilines is 1. The van der Waals surface area contributed by atoms with Crippen molar-refractivity contribution in [2.75, 3.05) is 11.9 Å². The number of hydrogen-bond acceptors (Lipinski definition) is 5. The minimum atomic E-state index is -0.326. The van der Waals surface area contributed by atoms with Gasteiger partial charge in [0.1, 0.15) is 10.8 Å². The summed E-state index contributed by atoms with van der Waals surface area (Å²) in [5.41, 5.74) is 1.30. The molecule has 0 spiro atoms. The fourth-order valence-electron chi connectivity index (χ4n) is 2.38. The van der Waals surface area contributed by atoms with Crippen molar-refractivity contribution in [2.24, 2.45) is 0 Å². The first kappa shape index (κ1) is 19.6. The molecule has 0 fully saturated rings. The molecule has 0 aliphatic carbocycles. The first-order chi connectivity index (χ1) is 13.1. The molecule has 0 bridgehead atoms. The average Bonchev–Trinajstić information content (AvgIpc) is 3.09. The van der Waals surface area contributed by atoms with Gasteiger partial charge in [-0.3, -0.25) is 10.1 Å². The first-order valence-electron chi connectivity index (χ1n) is 8.34. The van der Waals surface area contributed by atoms with Crippen molar-refractivity contribution in [1.82, 2.24) is 10.2 Å². The summed E-state index contributed by atoms with van der Waals surface area (Å²) in [4.78, 5) is 12.0. The molecule has 3 rings (SSSR count). The SMILES string of the molecule is O=C(COc1ccc(Cl)cc1Cl)Nc1nnc(CCCc2ccccc2)s1. The molecule has 27 heavy (non-hydrogen) atoms. The van der Waals surface area contributed by atoms with Crippen molar-refractivity contribution in [3.05, 3.63) is 69.1 Å². The van der Waals surface area contributed by atoms with Crippen molar-refractivity contribution in [3.63, 3.8) is 0 Å². The fraction of sp³-hybridized carbons (Fsp3) is 0.211. The third-order valence-corrected chi connectivity index (χ3v) is 5.09. The Labute approximate surface area is 171 Å². The average molecular weight is 422 g/mol. The van der Waals surface area contributed by atoms with E-state index in [9.17, 15) is 4.79 Å². The number of halogens is 2. The third kappa shape index (κ3) is 6.20. The van der Waals surface area contributed by atoms with Gasteiger partial charge >= 0.3 is 0 Å². The molecule has 0 aliphatic rings. The molecule has 1 amide bonds. The number of carbonyl (C=O) groups excluding carboxylic acids is 1. The van der Waals surface area contributed by atoms with Crippen LogP contribution in [0.4, 0.5) is 5.13 Å². The van der Waals surface area contributed by atoms with Gasteiger partial charge in [0, 0.05) is 11.4 Å². The molecule has 0 saturated heterocycles. The van der Waals surface area contributed by atoms with E-state index >= 15 is 0 Å². The molecule has 0 saturated carbocycles. The first-order valence-corrected chi connectivity index (χ1v) is 9.91. The van der Waals surface area contributed by atoms with Crippen molar-refractivity contribution < 1.29 is 9.53 Å². The second kappa shape index (κ2) is 9.69. The number of hydrogen-bond donors (Lipinski definition) is 1. The van der Waals surface area contributed by atoms with Crippen LogP contribution in [0.2, 0.25) is 10.0 Å². The van der Waals surface area contributed by atoms with Crippen molar-refractivity contribution in [2.45, 2.75) is 19.3 Å². The standard InChI is InChI=1S/C19H17Cl2N3O2S/c20-14-9-10-16(15(21)11-14)26-12-17(25)22-19-24-23-18(27-19)8-4-7-13-5-2-1-3-6-13/h1-3,5-6,9-11H,4,7-8,12H2,(H,22,24,25). The predicted molar refractivity (Wildman–Crippen MR) is 109 cm³/mol. The number of amides is 1. The van der Waals surface area contributed by atoms with Crippen LogP contribution in [0.1, 0.15) is 17.0 Å². The monoisotopic (exact) mass is 421 g/mol. The van der Waals surface area contributed by atoms with Gasteiger partial charge in [0.25, 0.3) is 5.91 Å². The van der Waals surface area contributed by atoms with Crippen LogP contribution >= 0.6 is 34.5 Å². The highest BCUT2D eigenvalue weighted by molar-refractivity contribution is 7.15. The number of aromatic nitrogens is 2. The summed E-state index contributed by atoms with van der Waals surface area (Å²) in [5, 5.41) is 13.0. The van der Waals surface area contributed by atoms with E-state index in [0.29, 0.717) is 20.9 Å². The fourth-order valence-corrected chi connectivity index (χ4v) is 3.65. The summed E-state index contributed by atoms with van der Waals surface area (Å²) < 4.78 is 5.40. The molecule has 1 heterocycles. The number of nitrogens with one attached hydrogen (secondary N) is 1. The highest BCUT2D eigenvalue weighted by Crippen LogP contribution is 2.27. The Morgan fingerprint density at radius 2 is 1.89 bits per heavy atom. The van der Waals surface area contributed by atoms with Crippen molar-refractivity contribution in [1.29, 1.82) is 0 Å². The maximum Gasteiger partial charge on any atom is 0.264 e. The van der Waals surface area contributed by atoms with Crippen LogP contribution in [0.25, 0.3) is 0 Å². The van der Waals surface area contributed by atoms with Crippen LogP contribution < -0.4 is 10.1 Å². The highest BCUT2D eigenvalue weighted by atomic mass is 35.5. The molecule has 0 radical (unpaired) electrons. The minimum absolute atomic E-state index is 0.176. The highest BCUT2D eigenvalue weighted by Gasteiger charge is 2.10. The summed E-state index contributed by atoms with van der Waals surface area (Å²) in [6.07, 6.45) is 2.78. The van der Waals surface area contributed by atoms with Gasteiger partial charge in [-0.2, -0.15) is 0 Å². The molecule has 1 N–H and O–H groups in total. The van der Waals surface area contributed by atoms with Gasteiger partial charge in [0.2, 0.25) is 5.13 Å². The van der Waals surface area contributed by atoms with Gasteiger partial charge in [0.15, 0.2) is 6.61 Å². The molecule has 0 aliphatic heterocycles. The molecule has 140 valence electrons. The van der Waals surface area contributed by atoms with Crippen molar-refractivity contribution in [3.8, 4) is 5.75 Å². The molecule has 2 aromatic carbocycles. The summed E-state index contributed by atoms with van der Waals surface area (Å²) in [7, 11) is 0. The van der Waals surface area contributed by atoms with Gasteiger partial charge < -0.3 is 4.74 Å². The molecule has 1 aromatic heterocycles. The van der Waals surface area contributed by atoms with Crippen LogP contribution in [0.15, 0.2) is 48.5 Å². The van der Waals surface area contributed by atoms with Gasteiger partial charge in [-0.15, -0.1) is 10.2 Å². The zero-order chi connectivity index (χ0) is 19.1. The summed E-state index contributed by atoms with van der Waals surface area (Å²) in [6.45, 7) is -0.176. The number of ether oxygens (including phenoxy) is 1. The summed E-state index contributed by atoms with van der Waals surface area (Å²) >= 11 is 13.2. The molecule has 0 atom stereocenters. The number of rotatable bonds is 8. The van der Waals surface area contributed by atoms with Crippen LogP contribution in [0.3, 0.4) is 0 Å². The normalized spacial score (nSPS) is 10.6. The summed E-state index contributed by atoms with van der Waals surface area (Å²) in [6, 6.07) is 15.1. The van der Waals surface area contributed by atoms with Crippen LogP contribution in [0, 0.1) is 0 Å². The lowest BCUT2D eigenvalue weighted by Crippen LogP contribution is -2.20. The lowest BCUT2D eigenvalue weighted by molar-refractivity contribution is -0.118.